The maximum absolute atomic E-state index is 11.4. The second kappa shape index (κ2) is 7.91. The van der Waals surface area contributed by atoms with Crippen molar-refractivity contribution in [3.05, 3.63) is 0 Å². The van der Waals surface area contributed by atoms with Crippen LogP contribution < -0.4 is 16.4 Å². The number of carbonyl (C=O) groups excluding carboxylic acids is 2. The summed E-state index contributed by atoms with van der Waals surface area (Å²) in [4.78, 5) is 32.9. The molecule has 0 bridgehead atoms. The third kappa shape index (κ3) is 6.80. The molecular weight excluding hydrogens is 246 g/mol. The smallest absolute Gasteiger partial charge is 0.321 e. The van der Waals surface area contributed by atoms with Gasteiger partial charge in [0.2, 0.25) is 5.91 Å². The standard InChI is InChI=1S/C9H17N3O4S/c1-3-11-9(16)12-7(13)5(2)17-4-6(10)8(14)15/h5-6H,3-4,10H2,1-2H3,(H,14,15)(H2,11,12,13,16). The van der Waals surface area contributed by atoms with Crippen molar-refractivity contribution in [2.24, 2.45) is 5.73 Å². The van der Waals surface area contributed by atoms with Gasteiger partial charge in [-0.3, -0.25) is 14.9 Å². The lowest BCUT2D eigenvalue weighted by molar-refractivity contribution is -0.138. The number of hydrogen-bond donors (Lipinski definition) is 4. The number of carboxylic acid groups (broad SMARTS) is 1. The molecule has 0 aliphatic rings. The Bertz CT molecular complexity index is 298. The molecule has 0 aromatic heterocycles. The monoisotopic (exact) mass is 263 g/mol. The van der Waals surface area contributed by atoms with E-state index in [1.807, 2.05) is 0 Å². The second-order valence-corrected chi connectivity index (χ2v) is 4.64. The minimum Gasteiger partial charge on any atom is -0.480 e. The molecule has 0 spiro atoms. The Balaban J connectivity index is 3.97. The Kier molecular flexibility index (Phi) is 7.31. The van der Waals surface area contributed by atoms with E-state index in [0.717, 1.165) is 11.8 Å². The lowest BCUT2D eigenvalue weighted by Crippen LogP contribution is -2.43. The van der Waals surface area contributed by atoms with Gasteiger partial charge in [-0.2, -0.15) is 0 Å². The minimum absolute atomic E-state index is 0.110. The SMILES string of the molecule is CCNC(=O)NC(=O)C(C)SCC(N)C(=O)O. The van der Waals surface area contributed by atoms with E-state index in [9.17, 15) is 14.4 Å². The first-order chi connectivity index (χ1) is 7.88. The molecule has 0 aromatic carbocycles. The number of hydrogen-bond acceptors (Lipinski definition) is 5. The van der Waals surface area contributed by atoms with E-state index < -0.39 is 29.2 Å². The molecule has 0 radical (unpaired) electrons. The maximum atomic E-state index is 11.4. The van der Waals surface area contributed by atoms with Crippen LogP contribution in [0, 0.1) is 0 Å². The number of amides is 3. The van der Waals surface area contributed by atoms with Gasteiger partial charge in [0.25, 0.3) is 0 Å². The van der Waals surface area contributed by atoms with Crippen molar-refractivity contribution >= 4 is 29.7 Å². The molecule has 0 aliphatic carbocycles. The van der Waals surface area contributed by atoms with E-state index >= 15 is 0 Å². The van der Waals surface area contributed by atoms with Crippen molar-refractivity contribution in [1.82, 2.24) is 10.6 Å². The number of urea groups is 1. The Morgan fingerprint density at radius 2 is 2.00 bits per heavy atom. The number of carboxylic acids is 1. The highest BCUT2D eigenvalue weighted by Crippen LogP contribution is 2.11. The van der Waals surface area contributed by atoms with Crippen molar-refractivity contribution in [3.63, 3.8) is 0 Å². The Morgan fingerprint density at radius 1 is 1.41 bits per heavy atom. The Morgan fingerprint density at radius 3 is 2.47 bits per heavy atom. The average Bonchev–Trinajstić information content (AvgIpc) is 2.25. The van der Waals surface area contributed by atoms with Crippen LogP contribution in [0.15, 0.2) is 0 Å². The highest BCUT2D eigenvalue weighted by molar-refractivity contribution is 8.00. The summed E-state index contributed by atoms with van der Waals surface area (Å²) < 4.78 is 0. The maximum Gasteiger partial charge on any atom is 0.321 e. The van der Waals surface area contributed by atoms with Gasteiger partial charge in [-0.05, 0) is 13.8 Å². The van der Waals surface area contributed by atoms with E-state index in [0.29, 0.717) is 6.54 Å². The zero-order valence-corrected chi connectivity index (χ0v) is 10.5. The number of nitrogens with two attached hydrogens (primary N) is 1. The third-order valence-corrected chi connectivity index (χ3v) is 3.05. The van der Waals surface area contributed by atoms with Crippen LogP contribution in [0.1, 0.15) is 13.8 Å². The van der Waals surface area contributed by atoms with Crippen molar-refractivity contribution in [2.45, 2.75) is 25.1 Å². The highest BCUT2D eigenvalue weighted by Gasteiger charge is 2.19. The fraction of sp³-hybridized carbons (Fsp3) is 0.667. The fourth-order valence-corrected chi connectivity index (χ4v) is 1.66. The highest BCUT2D eigenvalue weighted by atomic mass is 32.2. The van der Waals surface area contributed by atoms with E-state index in [-0.39, 0.29) is 5.75 Å². The van der Waals surface area contributed by atoms with Gasteiger partial charge in [0.05, 0.1) is 5.25 Å². The van der Waals surface area contributed by atoms with Gasteiger partial charge >= 0.3 is 12.0 Å². The number of imide groups is 1. The first-order valence-electron chi connectivity index (χ1n) is 5.07. The number of thioether (sulfide) groups is 1. The van der Waals surface area contributed by atoms with E-state index in [2.05, 4.69) is 10.6 Å². The molecule has 5 N–H and O–H groups in total. The van der Waals surface area contributed by atoms with Gasteiger partial charge in [-0.15, -0.1) is 11.8 Å². The van der Waals surface area contributed by atoms with Crippen LogP contribution >= 0.6 is 11.8 Å². The van der Waals surface area contributed by atoms with Crippen molar-refractivity contribution in [3.8, 4) is 0 Å². The molecule has 3 amide bonds. The topological polar surface area (TPSA) is 122 Å². The molecule has 0 aromatic rings. The Labute approximate surface area is 104 Å². The summed E-state index contributed by atoms with van der Waals surface area (Å²) in [5.74, 6) is -1.48. The number of nitrogens with one attached hydrogen (secondary N) is 2. The molecule has 0 heterocycles. The summed E-state index contributed by atoms with van der Waals surface area (Å²) in [5.41, 5.74) is 5.28. The average molecular weight is 263 g/mol. The lowest BCUT2D eigenvalue weighted by atomic mass is 10.4. The van der Waals surface area contributed by atoms with Crippen LogP contribution in [0.25, 0.3) is 0 Å². The van der Waals surface area contributed by atoms with E-state index in [1.54, 1.807) is 13.8 Å². The molecule has 7 nitrogen and oxygen atoms in total. The van der Waals surface area contributed by atoms with Crippen LogP contribution in [-0.2, 0) is 9.59 Å². The molecule has 0 aliphatic heterocycles. The number of rotatable bonds is 6. The van der Waals surface area contributed by atoms with Crippen LogP contribution in [0.3, 0.4) is 0 Å². The van der Waals surface area contributed by atoms with Gasteiger partial charge < -0.3 is 16.2 Å². The van der Waals surface area contributed by atoms with Crippen molar-refractivity contribution in [1.29, 1.82) is 0 Å². The summed E-state index contributed by atoms with van der Waals surface area (Å²) in [6.45, 7) is 3.73. The quantitative estimate of drug-likeness (QED) is 0.506. The first-order valence-corrected chi connectivity index (χ1v) is 6.12. The molecule has 8 heteroatoms. The van der Waals surface area contributed by atoms with Gasteiger partial charge in [0.1, 0.15) is 6.04 Å². The number of aliphatic carboxylic acids is 1. The normalized spacial score (nSPS) is 13.6. The Hall–Kier alpha value is -1.28. The van der Waals surface area contributed by atoms with Gasteiger partial charge in [0, 0.05) is 12.3 Å². The van der Waals surface area contributed by atoms with Gasteiger partial charge in [-0.1, -0.05) is 0 Å². The molecule has 2 unspecified atom stereocenters. The van der Waals surface area contributed by atoms with Gasteiger partial charge in [0.15, 0.2) is 0 Å². The summed E-state index contributed by atoms with van der Waals surface area (Å²) in [6.07, 6.45) is 0. The van der Waals surface area contributed by atoms with E-state index in [1.165, 1.54) is 0 Å². The molecule has 0 fully saturated rings. The third-order valence-electron chi connectivity index (χ3n) is 1.79. The zero-order valence-electron chi connectivity index (χ0n) is 9.73. The predicted octanol–water partition coefficient (Wildman–Crippen LogP) is -0.634. The fourth-order valence-electron chi connectivity index (χ4n) is 0.813. The second-order valence-electron chi connectivity index (χ2n) is 3.27. The minimum atomic E-state index is -1.12. The molecule has 98 valence electrons. The summed E-state index contributed by atoms with van der Waals surface area (Å²) in [5, 5.41) is 12.6. The predicted molar refractivity (Wildman–Crippen MR) is 64.7 cm³/mol. The van der Waals surface area contributed by atoms with Crippen LogP contribution in [-0.4, -0.2) is 46.6 Å². The van der Waals surface area contributed by atoms with Crippen molar-refractivity contribution in [2.75, 3.05) is 12.3 Å². The van der Waals surface area contributed by atoms with Crippen molar-refractivity contribution < 1.29 is 19.5 Å². The molecule has 2 atom stereocenters. The van der Waals surface area contributed by atoms with E-state index in [4.69, 9.17) is 10.8 Å². The molecule has 0 saturated heterocycles. The largest absolute Gasteiger partial charge is 0.480 e. The molecule has 0 rings (SSSR count). The molecule has 0 saturated carbocycles. The number of carbonyl (C=O) groups is 3. The van der Waals surface area contributed by atoms with Crippen LogP contribution in [0.5, 0.6) is 0 Å². The zero-order chi connectivity index (χ0) is 13.4. The molecular formula is C9H17N3O4S. The summed E-state index contributed by atoms with van der Waals surface area (Å²) >= 11 is 1.08. The summed E-state index contributed by atoms with van der Waals surface area (Å²) in [7, 11) is 0. The first kappa shape index (κ1) is 15.7. The lowest BCUT2D eigenvalue weighted by Gasteiger charge is -2.12. The van der Waals surface area contributed by atoms with Crippen LogP contribution in [0.2, 0.25) is 0 Å². The summed E-state index contributed by atoms with van der Waals surface area (Å²) in [6, 6.07) is -1.58. The van der Waals surface area contributed by atoms with Crippen LogP contribution in [0.4, 0.5) is 4.79 Å². The molecule has 17 heavy (non-hydrogen) atoms. The van der Waals surface area contributed by atoms with Gasteiger partial charge in [-0.25, -0.2) is 4.79 Å².